The number of carbonyl (C=O) groups is 3. The molecule has 30 heavy (non-hydrogen) atoms. The number of carbonyl (C=O) groups excluding carboxylic acids is 3. The number of hydrogen-bond acceptors (Lipinski definition) is 4. The summed E-state index contributed by atoms with van der Waals surface area (Å²) >= 11 is 0. The van der Waals surface area contributed by atoms with Crippen LogP contribution in [-0.2, 0) is 16.1 Å². The van der Waals surface area contributed by atoms with Crippen molar-refractivity contribution in [2.24, 2.45) is 11.7 Å². The summed E-state index contributed by atoms with van der Waals surface area (Å²) in [7, 11) is 0. The summed E-state index contributed by atoms with van der Waals surface area (Å²) in [5.74, 6) is -1.17. The molecule has 1 saturated heterocycles. The van der Waals surface area contributed by atoms with Gasteiger partial charge in [0.15, 0.2) is 0 Å². The van der Waals surface area contributed by atoms with Gasteiger partial charge in [0.25, 0.3) is 5.91 Å². The summed E-state index contributed by atoms with van der Waals surface area (Å²) in [6.45, 7) is 0.913. The Balaban J connectivity index is 1.36. The van der Waals surface area contributed by atoms with Gasteiger partial charge >= 0.3 is 0 Å². The van der Waals surface area contributed by atoms with Gasteiger partial charge in [-0.15, -0.1) is 0 Å². The number of rotatable bonds is 6. The van der Waals surface area contributed by atoms with Crippen LogP contribution in [0.5, 0.6) is 0 Å². The standard InChI is InChI=1S/C22H21N5O3/c23-21(29)19-10-11-27(25-19)18-8-6-17(7-9-18)24-22(30)16-12-20(28)26(14-16)13-15-4-2-1-3-5-15/h1-11,16H,12-14H2,(H2,23,29)(H,24,30). The molecule has 2 aromatic carbocycles. The summed E-state index contributed by atoms with van der Waals surface area (Å²) in [5.41, 5.74) is 7.79. The quantitative estimate of drug-likeness (QED) is 0.655. The van der Waals surface area contributed by atoms with Gasteiger partial charge in [0.05, 0.1) is 11.6 Å². The molecule has 1 aromatic heterocycles. The van der Waals surface area contributed by atoms with Crippen LogP contribution in [0.25, 0.3) is 5.69 Å². The molecule has 3 aromatic rings. The van der Waals surface area contributed by atoms with E-state index in [1.54, 1.807) is 35.4 Å². The minimum absolute atomic E-state index is 0.0155. The van der Waals surface area contributed by atoms with Crippen LogP contribution in [0.1, 0.15) is 22.5 Å². The van der Waals surface area contributed by atoms with Gasteiger partial charge in [0.1, 0.15) is 5.69 Å². The maximum Gasteiger partial charge on any atom is 0.269 e. The molecular formula is C22H21N5O3. The first-order valence-electron chi connectivity index (χ1n) is 9.58. The van der Waals surface area contributed by atoms with Crippen LogP contribution >= 0.6 is 0 Å². The second kappa shape index (κ2) is 8.20. The Bertz CT molecular complexity index is 1080. The molecule has 0 saturated carbocycles. The first-order chi connectivity index (χ1) is 14.5. The average molecular weight is 403 g/mol. The summed E-state index contributed by atoms with van der Waals surface area (Å²) in [4.78, 5) is 37.8. The summed E-state index contributed by atoms with van der Waals surface area (Å²) in [6, 6.07) is 18.3. The fraction of sp³-hybridized carbons (Fsp3) is 0.182. The normalized spacial score (nSPS) is 15.9. The lowest BCUT2D eigenvalue weighted by atomic mass is 10.1. The molecule has 0 spiro atoms. The van der Waals surface area contributed by atoms with Gasteiger partial charge in [-0.25, -0.2) is 4.68 Å². The van der Waals surface area contributed by atoms with E-state index >= 15 is 0 Å². The summed E-state index contributed by atoms with van der Waals surface area (Å²) in [6.07, 6.45) is 1.85. The number of benzene rings is 2. The molecule has 0 bridgehead atoms. The maximum atomic E-state index is 12.6. The number of aromatic nitrogens is 2. The lowest BCUT2D eigenvalue weighted by Gasteiger charge is -2.16. The number of nitrogens with two attached hydrogens (primary N) is 1. The largest absolute Gasteiger partial charge is 0.364 e. The van der Waals surface area contributed by atoms with Gasteiger partial charge in [-0.3, -0.25) is 14.4 Å². The Kier molecular flexibility index (Phi) is 5.30. The Labute approximate surface area is 173 Å². The highest BCUT2D eigenvalue weighted by Crippen LogP contribution is 2.22. The number of anilines is 1. The monoisotopic (exact) mass is 403 g/mol. The third-order valence-electron chi connectivity index (χ3n) is 5.04. The number of hydrogen-bond donors (Lipinski definition) is 2. The molecule has 1 aliphatic rings. The van der Waals surface area contributed by atoms with Crippen LogP contribution in [0.2, 0.25) is 0 Å². The third-order valence-corrected chi connectivity index (χ3v) is 5.04. The Morgan fingerprint density at radius 3 is 2.47 bits per heavy atom. The highest BCUT2D eigenvalue weighted by molar-refractivity contribution is 5.97. The minimum atomic E-state index is -0.593. The van der Waals surface area contributed by atoms with E-state index in [1.165, 1.54) is 10.7 Å². The van der Waals surface area contributed by atoms with Gasteiger partial charge in [-0.05, 0) is 35.9 Å². The zero-order chi connectivity index (χ0) is 21.1. The smallest absolute Gasteiger partial charge is 0.269 e. The van der Waals surface area contributed by atoms with E-state index in [4.69, 9.17) is 5.73 Å². The van der Waals surface area contributed by atoms with Crippen molar-refractivity contribution < 1.29 is 14.4 Å². The molecule has 4 rings (SSSR count). The molecule has 1 atom stereocenters. The van der Waals surface area contributed by atoms with Crippen molar-refractivity contribution in [2.75, 3.05) is 11.9 Å². The zero-order valence-corrected chi connectivity index (χ0v) is 16.2. The number of primary amides is 1. The Morgan fingerprint density at radius 2 is 1.80 bits per heavy atom. The first kappa shape index (κ1) is 19.4. The van der Waals surface area contributed by atoms with Crippen molar-refractivity contribution in [3.8, 4) is 5.69 Å². The van der Waals surface area contributed by atoms with Gasteiger partial charge in [0, 0.05) is 31.4 Å². The highest BCUT2D eigenvalue weighted by Gasteiger charge is 2.34. The predicted octanol–water partition coefficient (Wildman–Crippen LogP) is 1.96. The van der Waals surface area contributed by atoms with Crippen LogP contribution in [0.3, 0.4) is 0 Å². The molecular weight excluding hydrogens is 382 g/mol. The minimum Gasteiger partial charge on any atom is -0.364 e. The maximum absolute atomic E-state index is 12.6. The van der Waals surface area contributed by atoms with E-state index in [9.17, 15) is 14.4 Å². The fourth-order valence-corrected chi connectivity index (χ4v) is 3.45. The molecule has 1 aliphatic heterocycles. The molecule has 1 fully saturated rings. The second-order valence-corrected chi connectivity index (χ2v) is 7.21. The first-order valence-corrected chi connectivity index (χ1v) is 9.58. The topological polar surface area (TPSA) is 110 Å². The molecule has 3 amide bonds. The van der Waals surface area contributed by atoms with Gasteiger partial charge < -0.3 is 16.0 Å². The average Bonchev–Trinajstić information content (AvgIpc) is 3.37. The van der Waals surface area contributed by atoms with Crippen molar-refractivity contribution in [1.29, 1.82) is 0 Å². The number of likely N-dealkylation sites (tertiary alicyclic amines) is 1. The zero-order valence-electron chi connectivity index (χ0n) is 16.2. The molecule has 8 heteroatoms. The van der Waals surface area contributed by atoms with Crippen molar-refractivity contribution in [3.63, 3.8) is 0 Å². The molecule has 152 valence electrons. The van der Waals surface area contributed by atoms with Gasteiger partial charge in [0.2, 0.25) is 11.8 Å². The fourth-order valence-electron chi connectivity index (χ4n) is 3.45. The van der Waals surface area contributed by atoms with Crippen LogP contribution in [0.15, 0.2) is 66.9 Å². The molecule has 0 aliphatic carbocycles. The Morgan fingerprint density at radius 1 is 1.07 bits per heavy atom. The van der Waals surface area contributed by atoms with E-state index in [-0.39, 0.29) is 29.8 Å². The summed E-state index contributed by atoms with van der Waals surface area (Å²) < 4.78 is 1.53. The van der Waals surface area contributed by atoms with Crippen LogP contribution < -0.4 is 11.1 Å². The summed E-state index contributed by atoms with van der Waals surface area (Å²) in [5, 5.41) is 6.97. The number of nitrogens with zero attached hydrogens (tertiary/aromatic N) is 3. The van der Waals surface area contributed by atoms with Crippen LogP contribution in [0.4, 0.5) is 5.69 Å². The highest BCUT2D eigenvalue weighted by atomic mass is 16.2. The van der Waals surface area contributed by atoms with Crippen LogP contribution in [0, 0.1) is 5.92 Å². The lowest BCUT2D eigenvalue weighted by molar-refractivity contribution is -0.128. The SMILES string of the molecule is NC(=O)c1ccn(-c2ccc(NC(=O)C3CC(=O)N(Cc4ccccc4)C3)cc2)n1. The van der Waals surface area contributed by atoms with Gasteiger partial charge in [-0.1, -0.05) is 30.3 Å². The molecule has 2 heterocycles. The second-order valence-electron chi connectivity index (χ2n) is 7.21. The third kappa shape index (κ3) is 4.22. The van der Waals surface area contributed by atoms with E-state index in [0.29, 0.717) is 18.8 Å². The Hall–Kier alpha value is -3.94. The molecule has 0 radical (unpaired) electrons. The van der Waals surface area contributed by atoms with Crippen LogP contribution in [-0.4, -0.2) is 38.9 Å². The van der Waals surface area contributed by atoms with E-state index < -0.39 is 5.91 Å². The predicted molar refractivity (Wildman–Crippen MR) is 111 cm³/mol. The number of nitrogens with one attached hydrogen (secondary N) is 1. The lowest BCUT2D eigenvalue weighted by Crippen LogP contribution is -2.28. The van der Waals surface area contributed by atoms with E-state index in [0.717, 1.165) is 11.3 Å². The van der Waals surface area contributed by atoms with Crippen molar-refractivity contribution in [1.82, 2.24) is 14.7 Å². The number of amides is 3. The molecule has 3 N–H and O–H groups in total. The van der Waals surface area contributed by atoms with Crippen molar-refractivity contribution in [3.05, 3.63) is 78.1 Å². The van der Waals surface area contributed by atoms with E-state index in [1.807, 2.05) is 30.3 Å². The van der Waals surface area contributed by atoms with Crippen molar-refractivity contribution >= 4 is 23.4 Å². The van der Waals surface area contributed by atoms with Crippen molar-refractivity contribution in [2.45, 2.75) is 13.0 Å². The van der Waals surface area contributed by atoms with E-state index in [2.05, 4.69) is 10.4 Å². The van der Waals surface area contributed by atoms with Gasteiger partial charge in [-0.2, -0.15) is 5.10 Å². The molecule has 1 unspecified atom stereocenters. The molecule has 8 nitrogen and oxygen atoms in total.